The van der Waals surface area contributed by atoms with Gasteiger partial charge in [-0.05, 0) is 48.1 Å². The third-order valence-corrected chi connectivity index (χ3v) is 11.8. The lowest BCUT2D eigenvalue weighted by Crippen LogP contribution is -2.57. The smallest absolute Gasteiger partial charge is 0.408 e. The van der Waals surface area contributed by atoms with Gasteiger partial charge in [-0.1, -0.05) is 152 Å². The molecular formula is C50H49N5O7S. The Balaban J connectivity index is 1.23. The van der Waals surface area contributed by atoms with Crippen molar-refractivity contribution in [2.24, 2.45) is 5.92 Å². The van der Waals surface area contributed by atoms with Crippen LogP contribution >= 0.6 is 11.8 Å². The largest absolute Gasteiger partial charge is 0.457 e. The molecule has 0 spiro atoms. The summed E-state index contributed by atoms with van der Waals surface area (Å²) in [5.41, 5.74) is 3.92. The van der Waals surface area contributed by atoms with Gasteiger partial charge in [0.05, 0.1) is 18.3 Å². The monoisotopic (exact) mass is 863 g/mol. The molecule has 0 radical (unpaired) electrons. The molecule has 3 atom stereocenters. The summed E-state index contributed by atoms with van der Waals surface area (Å²) in [5, 5.41) is 5.74. The minimum Gasteiger partial charge on any atom is -0.457 e. The highest BCUT2D eigenvalue weighted by molar-refractivity contribution is 7.99. The summed E-state index contributed by atoms with van der Waals surface area (Å²) in [4.78, 5) is 75.3. The van der Waals surface area contributed by atoms with Crippen LogP contribution < -0.4 is 10.6 Å². The number of benzene rings is 5. The molecule has 0 bridgehead atoms. The first kappa shape index (κ1) is 44.1. The maximum atomic E-state index is 15.0. The van der Waals surface area contributed by atoms with E-state index in [1.165, 1.54) is 16.7 Å². The number of nitrogens with zero attached hydrogens (tertiary/aromatic N) is 3. The number of carbonyl (C=O) groups is 5. The van der Waals surface area contributed by atoms with E-state index in [1.54, 1.807) is 50.6 Å². The van der Waals surface area contributed by atoms with Crippen LogP contribution in [-0.4, -0.2) is 74.1 Å². The van der Waals surface area contributed by atoms with Crippen LogP contribution in [0.1, 0.15) is 47.4 Å². The zero-order chi connectivity index (χ0) is 44.2. The highest BCUT2D eigenvalue weighted by Gasteiger charge is 2.42. The molecule has 1 aliphatic rings. The van der Waals surface area contributed by atoms with Crippen LogP contribution in [0.25, 0.3) is 0 Å². The molecule has 6 aromatic rings. The number of imidazole rings is 1. The second-order valence-electron chi connectivity index (χ2n) is 15.4. The first-order valence-electron chi connectivity index (χ1n) is 20.8. The second-order valence-corrected chi connectivity index (χ2v) is 16.4. The van der Waals surface area contributed by atoms with Gasteiger partial charge in [0.1, 0.15) is 30.3 Å². The minimum atomic E-state index is -1.42. The molecule has 2 heterocycles. The van der Waals surface area contributed by atoms with Gasteiger partial charge < -0.3 is 29.6 Å². The molecule has 0 unspecified atom stereocenters. The summed E-state index contributed by atoms with van der Waals surface area (Å²) < 4.78 is 12.9. The van der Waals surface area contributed by atoms with E-state index in [-0.39, 0.29) is 25.3 Å². The number of thioether (sulfide) groups is 1. The molecule has 12 nitrogen and oxygen atoms in total. The van der Waals surface area contributed by atoms with E-state index < -0.39 is 59.4 Å². The molecule has 63 heavy (non-hydrogen) atoms. The second kappa shape index (κ2) is 20.7. The number of hydrogen-bond donors (Lipinski definition) is 2. The molecule has 3 amide bonds. The van der Waals surface area contributed by atoms with Crippen LogP contribution in [0.15, 0.2) is 164 Å². The first-order chi connectivity index (χ1) is 30.6. The number of ketones is 1. The van der Waals surface area contributed by atoms with Gasteiger partial charge in [0, 0.05) is 24.1 Å². The van der Waals surface area contributed by atoms with E-state index in [0.717, 1.165) is 22.3 Å². The van der Waals surface area contributed by atoms with Crippen LogP contribution in [0, 0.1) is 5.92 Å². The Morgan fingerprint density at radius 3 is 1.79 bits per heavy atom. The lowest BCUT2D eigenvalue weighted by Gasteiger charge is -2.39. The molecule has 1 saturated heterocycles. The van der Waals surface area contributed by atoms with E-state index >= 15 is 0 Å². The van der Waals surface area contributed by atoms with E-state index in [4.69, 9.17) is 9.47 Å². The molecule has 322 valence electrons. The van der Waals surface area contributed by atoms with Gasteiger partial charge in [0.2, 0.25) is 11.8 Å². The fourth-order valence-electron chi connectivity index (χ4n) is 7.86. The lowest BCUT2D eigenvalue weighted by atomic mass is 9.76. The van der Waals surface area contributed by atoms with Gasteiger partial charge in [0.15, 0.2) is 0 Å². The molecule has 7 rings (SSSR count). The molecule has 0 aliphatic carbocycles. The predicted molar refractivity (Wildman–Crippen MR) is 240 cm³/mol. The van der Waals surface area contributed by atoms with Gasteiger partial charge in [-0.25, -0.2) is 14.6 Å². The number of ether oxygens (including phenoxy) is 2. The van der Waals surface area contributed by atoms with E-state index in [9.17, 15) is 24.0 Å². The summed E-state index contributed by atoms with van der Waals surface area (Å²) in [6.45, 7) is 3.21. The molecular weight excluding hydrogens is 815 g/mol. The van der Waals surface area contributed by atoms with Gasteiger partial charge in [-0.15, -0.1) is 11.8 Å². The Hall–Kier alpha value is -6.99. The van der Waals surface area contributed by atoms with Crippen LogP contribution in [-0.2, 0) is 53.6 Å². The van der Waals surface area contributed by atoms with Gasteiger partial charge in [-0.2, -0.15) is 0 Å². The molecule has 1 fully saturated rings. The highest BCUT2D eigenvalue weighted by Crippen LogP contribution is 2.42. The standard InChI is InChI=1S/C50H49N5O7S/c1-35(2)62-48(59)45(56)42(28-36-18-8-3-9-19-36)46(57)53-44-32-63-34-54(44)47(58)43(52-49(60)61-31-37-20-10-4-11-21-37)29-41-30-51-33-55(41)50(38-22-12-5-13-23-38,39-24-14-6-15-25-39)40-26-16-7-17-27-40/h3-27,30,33,35,42-44H,28-29,31-32,34H2,1-2H3,(H,52,60)(H,53,57)/t42-,43-,44+/m0/s1. The van der Waals surface area contributed by atoms with Crippen molar-refractivity contribution >= 4 is 41.4 Å². The zero-order valence-corrected chi connectivity index (χ0v) is 35.9. The third kappa shape index (κ3) is 10.4. The summed E-state index contributed by atoms with van der Waals surface area (Å²) >= 11 is 1.40. The quantitative estimate of drug-likeness (QED) is 0.0432. The van der Waals surface area contributed by atoms with Gasteiger partial charge >= 0.3 is 12.1 Å². The van der Waals surface area contributed by atoms with Gasteiger partial charge in [0.25, 0.3) is 5.78 Å². The van der Waals surface area contributed by atoms with Crippen molar-refractivity contribution < 1.29 is 33.4 Å². The number of esters is 1. The van der Waals surface area contributed by atoms with Crippen molar-refractivity contribution in [1.82, 2.24) is 25.1 Å². The topological polar surface area (TPSA) is 149 Å². The summed E-state index contributed by atoms with van der Waals surface area (Å²) in [6.07, 6.45) is 1.09. The molecule has 1 aromatic heterocycles. The zero-order valence-electron chi connectivity index (χ0n) is 35.0. The van der Waals surface area contributed by atoms with Crippen molar-refractivity contribution in [1.29, 1.82) is 0 Å². The fourth-order valence-corrected chi connectivity index (χ4v) is 8.96. The lowest BCUT2D eigenvalue weighted by molar-refractivity contribution is -0.160. The van der Waals surface area contributed by atoms with Crippen LogP contribution in [0.3, 0.4) is 0 Å². The Labute approximate surface area is 371 Å². The Bertz CT molecular complexity index is 2370. The van der Waals surface area contributed by atoms with Crippen molar-refractivity contribution in [3.05, 3.63) is 198 Å². The first-order valence-corrected chi connectivity index (χ1v) is 21.9. The Kier molecular flexibility index (Phi) is 14.5. The SMILES string of the molecule is CC(C)OC(=O)C(=O)[C@H](Cc1ccccc1)C(=O)N[C@H]1CSCN1C(=O)[C@H](Cc1cncn1C(c1ccccc1)(c1ccccc1)c1ccccc1)NC(=O)OCc1ccccc1. The fraction of sp³-hybridized carbons (Fsp3) is 0.240. The number of aromatic nitrogens is 2. The maximum absolute atomic E-state index is 15.0. The van der Waals surface area contributed by atoms with Crippen molar-refractivity contribution in [2.75, 3.05) is 11.6 Å². The van der Waals surface area contributed by atoms with E-state index in [0.29, 0.717) is 17.0 Å². The van der Waals surface area contributed by atoms with Crippen molar-refractivity contribution in [3.8, 4) is 0 Å². The van der Waals surface area contributed by atoms with E-state index in [1.807, 2.05) is 95.6 Å². The van der Waals surface area contributed by atoms with Crippen LogP contribution in [0.5, 0.6) is 0 Å². The van der Waals surface area contributed by atoms with Crippen molar-refractivity contribution in [2.45, 2.75) is 57.1 Å². The van der Waals surface area contributed by atoms with Gasteiger partial charge in [-0.3, -0.25) is 14.4 Å². The maximum Gasteiger partial charge on any atom is 0.408 e. The number of Topliss-reactive ketones (excluding diaryl/α,β-unsaturated/α-hetero) is 1. The van der Waals surface area contributed by atoms with Crippen LogP contribution in [0.2, 0.25) is 0 Å². The summed E-state index contributed by atoms with van der Waals surface area (Å²) in [7, 11) is 0. The molecule has 5 aromatic carbocycles. The predicted octanol–water partition coefficient (Wildman–Crippen LogP) is 6.92. The average molecular weight is 864 g/mol. The third-order valence-electron chi connectivity index (χ3n) is 10.8. The van der Waals surface area contributed by atoms with Crippen LogP contribution in [0.4, 0.5) is 4.79 Å². The molecule has 1 aliphatic heterocycles. The number of nitrogens with one attached hydrogen (secondary N) is 2. The molecule has 13 heteroatoms. The Morgan fingerprint density at radius 1 is 0.730 bits per heavy atom. The summed E-state index contributed by atoms with van der Waals surface area (Å²) in [5.74, 6) is -4.26. The normalized spacial score (nSPS) is 14.7. The number of alkyl carbamates (subject to hydrolysis) is 1. The number of rotatable bonds is 17. The number of carbonyl (C=O) groups excluding carboxylic acids is 5. The average Bonchev–Trinajstić information content (AvgIpc) is 3.98. The Morgan fingerprint density at radius 2 is 1.25 bits per heavy atom. The number of amides is 3. The minimum absolute atomic E-state index is 0.0223. The number of hydrogen-bond acceptors (Lipinski definition) is 9. The van der Waals surface area contributed by atoms with E-state index in [2.05, 4.69) is 52.0 Å². The highest BCUT2D eigenvalue weighted by atomic mass is 32.2. The van der Waals surface area contributed by atoms with Crippen molar-refractivity contribution in [3.63, 3.8) is 0 Å². The molecule has 0 saturated carbocycles. The summed E-state index contributed by atoms with van der Waals surface area (Å²) in [6, 6.07) is 47.0. The molecule has 2 N–H and O–H groups in total.